The number of hydrogen-bond acceptors (Lipinski definition) is 2. The molecule has 2 N–H and O–H groups in total. The number of piperidine rings is 1. The summed E-state index contributed by atoms with van der Waals surface area (Å²) < 4.78 is 0. The van der Waals surface area contributed by atoms with Crippen LogP contribution in [0.25, 0.3) is 10.9 Å². The molecule has 0 saturated carbocycles. The van der Waals surface area contributed by atoms with Crippen molar-refractivity contribution in [1.29, 1.82) is 0 Å². The average Bonchev–Trinajstić information content (AvgIpc) is 2.93. The monoisotopic (exact) mass is 286 g/mol. The summed E-state index contributed by atoms with van der Waals surface area (Å²) in [4.78, 5) is 28.6. The lowest BCUT2D eigenvalue weighted by atomic mass is 9.90. The number of H-pyrrole nitrogens is 1. The van der Waals surface area contributed by atoms with Gasteiger partial charge >= 0.3 is 5.97 Å². The van der Waals surface area contributed by atoms with Crippen molar-refractivity contribution in [2.45, 2.75) is 13.3 Å². The summed E-state index contributed by atoms with van der Waals surface area (Å²) in [6.07, 6.45) is 2.47. The molecule has 0 bridgehead atoms. The lowest BCUT2D eigenvalue weighted by molar-refractivity contribution is -0.143. The predicted octanol–water partition coefficient (Wildman–Crippen LogP) is 2.35. The summed E-state index contributed by atoms with van der Waals surface area (Å²) in [5, 5.41) is 10.2. The number of aliphatic carboxylic acids is 1. The number of aromatic amines is 1. The predicted molar refractivity (Wildman–Crippen MR) is 79.1 cm³/mol. The molecule has 1 aliphatic heterocycles. The maximum absolute atomic E-state index is 12.6. The third kappa shape index (κ3) is 2.63. The molecule has 0 spiro atoms. The first-order valence-electron chi connectivity index (χ1n) is 7.14. The molecule has 1 saturated heterocycles. The molecule has 0 aliphatic carbocycles. The molecule has 1 aromatic heterocycles. The molecule has 5 nitrogen and oxygen atoms in total. The Kier molecular flexibility index (Phi) is 3.41. The van der Waals surface area contributed by atoms with Crippen LogP contribution >= 0.6 is 0 Å². The van der Waals surface area contributed by atoms with Crippen LogP contribution in [0, 0.1) is 11.8 Å². The molecule has 2 unspecified atom stereocenters. The number of aromatic nitrogens is 1. The number of fused-ring (bicyclic) bond motifs is 1. The van der Waals surface area contributed by atoms with Gasteiger partial charge in [0.05, 0.1) is 5.92 Å². The van der Waals surface area contributed by atoms with E-state index in [0.29, 0.717) is 25.1 Å². The number of carboxylic acids is 1. The molecule has 1 fully saturated rings. The fourth-order valence-corrected chi connectivity index (χ4v) is 3.07. The Hall–Kier alpha value is -2.30. The molecule has 1 aliphatic rings. The van der Waals surface area contributed by atoms with E-state index in [1.807, 2.05) is 31.3 Å². The molecule has 1 aromatic carbocycles. The Balaban J connectivity index is 1.84. The van der Waals surface area contributed by atoms with Crippen molar-refractivity contribution in [2.75, 3.05) is 13.1 Å². The number of nitrogens with one attached hydrogen (secondary N) is 1. The molecule has 1 amide bonds. The van der Waals surface area contributed by atoms with Crippen LogP contribution in [0.5, 0.6) is 0 Å². The molecular formula is C16H18N2O3. The van der Waals surface area contributed by atoms with Crippen LogP contribution in [-0.2, 0) is 4.79 Å². The van der Waals surface area contributed by atoms with Gasteiger partial charge in [-0.2, -0.15) is 0 Å². The number of carbonyl (C=O) groups is 2. The van der Waals surface area contributed by atoms with Crippen LogP contribution in [0.1, 0.15) is 23.7 Å². The highest BCUT2D eigenvalue weighted by atomic mass is 16.4. The fraction of sp³-hybridized carbons (Fsp3) is 0.375. The van der Waals surface area contributed by atoms with E-state index >= 15 is 0 Å². The van der Waals surface area contributed by atoms with Gasteiger partial charge in [-0.05, 0) is 36.6 Å². The molecule has 5 heteroatoms. The van der Waals surface area contributed by atoms with Gasteiger partial charge < -0.3 is 15.0 Å². The van der Waals surface area contributed by atoms with Crippen molar-refractivity contribution in [3.63, 3.8) is 0 Å². The van der Waals surface area contributed by atoms with Crippen LogP contribution in [-0.4, -0.2) is 40.0 Å². The Bertz CT molecular complexity index is 692. The smallest absolute Gasteiger partial charge is 0.308 e. The Labute approximate surface area is 122 Å². The first-order chi connectivity index (χ1) is 10.0. The first kappa shape index (κ1) is 13.7. The van der Waals surface area contributed by atoms with Crippen molar-refractivity contribution in [3.8, 4) is 0 Å². The number of carbonyl (C=O) groups excluding carboxylic acids is 1. The van der Waals surface area contributed by atoms with E-state index in [1.165, 1.54) is 0 Å². The van der Waals surface area contributed by atoms with E-state index in [1.54, 1.807) is 11.0 Å². The second kappa shape index (κ2) is 5.24. The van der Waals surface area contributed by atoms with Crippen molar-refractivity contribution >= 4 is 22.8 Å². The summed E-state index contributed by atoms with van der Waals surface area (Å²) in [6.45, 7) is 2.90. The van der Waals surface area contributed by atoms with Crippen molar-refractivity contribution in [2.24, 2.45) is 11.8 Å². The summed E-state index contributed by atoms with van der Waals surface area (Å²) in [5.74, 6) is -1.16. The Morgan fingerprint density at radius 2 is 2.10 bits per heavy atom. The SMILES string of the molecule is CC1CC(C(=O)O)CN(C(=O)c2ccc3[nH]ccc3c2)C1. The molecule has 2 aromatic rings. The standard InChI is InChI=1S/C16H18N2O3/c1-10-6-13(16(20)21)9-18(8-10)15(19)12-2-3-14-11(7-12)4-5-17-14/h2-5,7,10,13,17H,6,8-9H2,1H3,(H,20,21). The highest BCUT2D eigenvalue weighted by molar-refractivity contribution is 5.98. The van der Waals surface area contributed by atoms with Gasteiger partial charge in [-0.3, -0.25) is 9.59 Å². The Morgan fingerprint density at radius 1 is 1.29 bits per heavy atom. The highest BCUT2D eigenvalue weighted by Crippen LogP contribution is 2.24. The minimum absolute atomic E-state index is 0.0871. The first-order valence-corrected chi connectivity index (χ1v) is 7.14. The van der Waals surface area contributed by atoms with Gasteiger partial charge in [-0.25, -0.2) is 0 Å². The topological polar surface area (TPSA) is 73.4 Å². The Morgan fingerprint density at radius 3 is 2.86 bits per heavy atom. The zero-order valence-corrected chi connectivity index (χ0v) is 11.9. The van der Waals surface area contributed by atoms with Gasteiger partial charge in [0.1, 0.15) is 0 Å². The molecular weight excluding hydrogens is 268 g/mol. The summed E-state index contributed by atoms with van der Waals surface area (Å²) >= 11 is 0. The fourth-order valence-electron chi connectivity index (χ4n) is 3.07. The van der Waals surface area contributed by atoms with Crippen LogP contribution in [0.4, 0.5) is 0 Å². The maximum atomic E-state index is 12.6. The van der Waals surface area contributed by atoms with Gasteiger partial charge in [-0.15, -0.1) is 0 Å². The summed E-state index contributed by atoms with van der Waals surface area (Å²) in [6, 6.07) is 7.44. The zero-order valence-electron chi connectivity index (χ0n) is 11.9. The normalized spacial score (nSPS) is 22.4. The number of carboxylic acid groups (broad SMARTS) is 1. The molecule has 3 rings (SSSR count). The van der Waals surface area contributed by atoms with Crippen molar-refractivity contribution in [1.82, 2.24) is 9.88 Å². The largest absolute Gasteiger partial charge is 0.481 e. The average molecular weight is 286 g/mol. The van der Waals surface area contributed by atoms with Gasteiger partial charge in [-0.1, -0.05) is 6.92 Å². The van der Waals surface area contributed by atoms with E-state index < -0.39 is 11.9 Å². The second-order valence-electron chi connectivity index (χ2n) is 5.87. The minimum atomic E-state index is -0.819. The third-order valence-corrected chi connectivity index (χ3v) is 4.10. The van der Waals surface area contributed by atoms with Gasteiger partial charge in [0.15, 0.2) is 0 Å². The van der Waals surface area contributed by atoms with Gasteiger partial charge in [0, 0.05) is 35.8 Å². The lowest BCUT2D eigenvalue weighted by Crippen LogP contribution is -2.45. The van der Waals surface area contributed by atoms with E-state index in [9.17, 15) is 14.7 Å². The number of rotatable bonds is 2. The maximum Gasteiger partial charge on any atom is 0.308 e. The number of hydrogen-bond donors (Lipinski definition) is 2. The van der Waals surface area contributed by atoms with E-state index in [2.05, 4.69) is 4.98 Å². The lowest BCUT2D eigenvalue weighted by Gasteiger charge is -2.34. The third-order valence-electron chi connectivity index (χ3n) is 4.10. The molecule has 2 heterocycles. The minimum Gasteiger partial charge on any atom is -0.481 e. The molecule has 110 valence electrons. The summed E-state index contributed by atoms with van der Waals surface area (Å²) in [5.41, 5.74) is 1.60. The van der Waals surface area contributed by atoms with Crippen LogP contribution in [0.3, 0.4) is 0 Å². The zero-order chi connectivity index (χ0) is 15.0. The van der Waals surface area contributed by atoms with Crippen LogP contribution < -0.4 is 0 Å². The number of benzene rings is 1. The van der Waals surface area contributed by atoms with Crippen LogP contribution in [0.2, 0.25) is 0 Å². The highest BCUT2D eigenvalue weighted by Gasteiger charge is 2.32. The number of nitrogens with zero attached hydrogens (tertiary/aromatic N) is 1. The molecule has 0 radical (unpaired) electrons. The summed E-state index contributed by atoms with van der Waals surface area (Å²) in [7, 11) is 0. The molecule has 2 atom stereocenters. The molecule has 21 heavy (non-hydrogen) atoms. The van der Waals surface area contributed by atoms with Crippen molar-refractivity contribution in [3.05, 3.63) is 36.0 Å². The van der Waals surface area contributed by atoms with Crippen molar-refractivity contribution < 1.29 is 14.7 Å². The quantitative estimate of drug-likeness (QED) is 0.890. The van der Waals surface area contributed by atoms with Gasteiger partial charge in [0.2, 0.25) is 0 Å². The second-order valence-corrected chi connectivity index (χ2v) is 5.87. The number of likely N-dealkylation sites (tertiary alicyclic amines) is 1. The van der Waals surface area contributed by atoms with E-state index in [4.69, 9.17) is 0 Å². The van der Waals surface area contributed by atoms with Gasteiger partial charge in [0.25, 0.3) is 5.91 Å². The van der Waals surface area contributed by atoms with Crippen LogP contribution in [0.15, 0.2) is 30.5 Å². The van der Waals surface area contributed by atoms with E-state index in [-0.39, 0.29) is 11.8 Å². The van der Waals surface area contributed by atoms with E-state index in [0.717, 1.165) is 10.9 Å². The number of amides is 1.